The lowest BCUT2D eigenvalue weighted by molar-refractivity contribution is 0.0988. The first-order valence-corrected chi connectivity index (χ1v) is 6.44. The molecule has 0 spiro atoms. The van der Waals surface area contributed by atoms with E-state index < -0.39 is 0 Å². The smallest absolute Gasteiger partial charge is 0.278 e. The summed E-state index contributed by atoms with van der Waals surface area (Å²) in [6.07, 6.45) is 1.46. The third kappa shape index (κ3) is 2.53. The van der Waals surface area contributed by atoms with Crippen LogP contribution in [-0.4, -0.2) is 28.0 Å². The van der Waals surface area contributed by atoms with Gasteiger partial charge in [0.1, 0.15) is 11.4 Å². The minimum Gasteiger partial charge on any atom is -0.508 e. The molecule has 1 heterocycles. The van der Waals surface area contributed by atoms with Gasteiger partial charge in [0, 0.05) is 18.8 Å². The maximum Gasteiger partial charge on any atom is 0.278 e. The second-order valence-corrected chi connectivity index (χ2v) is 4.63. The lowest BCUT2D eigenvalue weighted by Gasteiger charge is -2.17. The normalized spacial score (nSPS) is 10.5. The number of aromatic nitrogens is 2. The number of anilines is 1. The van der Waals surface area contributed by atoms with Crippen molar-refractivity contribution in [1.82, 2.24) is 9.97 Å². The summed E-state index contributed by atoms with van der Waals surface area (Å²) in [5.74, 6) is -0.171. The highest BCUT2D eigenvalue weighted by Crippen LogP contribution is 2.20. The Kier molecular flexibility index (Phi) is 3.23. The monoisotopic (exact) mass is 279 g/mol. The van der Waals surface area contributed by atoms with E-state index in [4.69, 9.17) is 0 Å². The molecule has 3 rings (SSSR count). The number of hydrogen-bond acceptors (Lipinski definition) is 4. The van der Waals surface area contributed by atoms with Crippen LogP contribution in [0.3, 0.4) is 0 Å². The van der Waals surface area contributed by atoms with Crippen LogP contribution in [0.5, 0.6) is 5.75 Å². The number of hydrogen-bond donors (Lipinski definition) is 1. The van der Waals surface area contributed by atoms with Gasteiger partial charge in [-0.2, -0.15) is 0 Å². The molecule has 2 aromatic carbocycles. The number of para-hydroxylation sites is 2. The van der Waals surface area contributed by atoms with E-state index in [1.807, 2.05) is 24.3 Å². The molecular weight excluding hydrogens is 266 g/mol. The van der Waals surface area contributed by atoms with Crippen molar-refractivity contribution in [3.63, 3.8) is 0 Å². The van der Waals surface area contributed by atoms with Crippen molar-refractivity contribution >= 4 is 22.6 Å². The Morgan fingerprint density at radius 3 is 2.62 bits per heavy atom. The van der Waals surface area contributed by atoms with Crippen LogP contribution in [-0.2, 0) is 0 Å². The van der Waals surface area contributed by atoms with E-state index >= 15 is 0 Å². The van der Waals surface area contributed by atoms with E-state index in [9.17, 15) is 9.90 Å². The molecule has 0 fully saturated rings. The summed E-state index contributed by atoms with van der Waals surface area (Å²) in [5.41, 5.74) is 2.27. The van der Waals surface area contributed by atoms with Gasteiger partial charge >= 0.3 is 0 Å². The Morgan fingerprint density at radius 1 is 1.10 bits per heavy atom. The third-order valence-electron chi connectivity index (χ3n) is 3.19. The van der Waals surface area contributed by atoms with Crippen molar-refractivity contribution < 1.29 is 9.90 Å². The quantitative estimate of drug-likeness (QED) is 0.783. The second-order valence-electron chi connectivity index (χ2n) is 4.63. The molecule has 1 aromatic heterocycles. The SMILES string of the molecule is CN(C(=O)c1cnc2ccccc2n1)c1cccc(O)c1. The van der Waals surface area contributed by atoms with Crippen molar-refractivity contribution in [2.45, 2.75) is 0 Å². The van der Waals surface area contributed by atoms with Crippen LogP contribution in [0.15, 0.2) is 54.7 Å². The van der Waals surface area contributed by atoms with Crippen molar-refractivity contribution in [3.8, 4) is 5.75 Å². The van der Waals surface area contributed by atoms with E-state index in [1.54, 1.807) is 25.2 Å². The number of fused-ring (bicyclic) bond motifs is 1. The Morgan fingerprint density at radius 2 is 1.86 bits per heavy atom. The van der Waals surface area contributed by atoms with Crippen LogP contribution in [0.1, 0.15) is 10.5 Å². The minimum absolute atomic E-state index is 0.108. The predicted octanol–water partition coefficient (Wildman–Crippen LogP) is 2.61. The van der Waals surface area contributed by atoms with Gasteiger partial charge in [0.25, 0.3) is 5.91 Å². The largest absolute Gasteiger partial charge is 0.508 e. The minimum atomic E-state index is -0.279. The number of nitrogens with zero attached hydrogens (tertiary/aromatic N) is 3. The number of rotatable bonds is 2. The molecule has 0 aliphatic rings. The summed E-state index contributed by atoms with van der Waals surface area (Å²) < 4.78 is 0. The molecule has 0 saturated carbocycles. The lowest BCUT2D eigenvalue weighted by atomic mass is 10.2. The van der Waals surface area contributed by atoms with Gasteiger partial charge in [-0.05, 0) is 24.3 Å². The summed E-state index contributed by atoms with van der Waals surface area (Å²) in [4.78, 5) is 22.4. The lowest BCUT2D eigenvalue weighted by Crippen LogP contribution is -2.27. The zero-order valence-electron chi connectivity index (χ0n) is 11.4. The number of phenols is 1. The molecule has 5 nitrogen and oxygen atoms in total. The third-order valence-corrected chi connectivity index (χ3v) is 3.19. The van der Waals surface area contributed by atoms with E-state index in [2.05, 4.69) is 9.97 Å². The molecule has 21 heavy (non-hydrogen) atoms. The summed E-state index contributed by atoms with van der Waals surface area (Å²) >= 11 is 0. The molecule has 0 bridgehead atoms. The van der Waals surface area contributed by atoms with E-state index in [0.29, 0.717) is 11.2 Å². The van der Waals surface area contributed by atoms with Crippen molar-refractivity contribution in [1.29, 1.82) is 0 Å². The fourth-order valence-electron chi connectivity index (χ4n) is 2.05. The van der Waals surface area contributed by atoms with Crippen molar-refractivity contribution in [2.75, 3.05) is 11.9 Å². The fourth-order valence-corrected chi connectivity index (χ4v) is 2.05. The fraction of sp³-hybridized carbons (Fsp3) is 0.0625. The molecular formula is C16H13N3O2. The first kappa shape index (κ1) is 13.1. The Bertz CT molecular complexity index is 817. The van der Waals surface area contributed by atoms with E-state index in [0.717, 1.165) is 5.52 Å². The van der Waals surface area contributed by atoms with Gasteiger partial charge in [-0.1, -0.05) is 18.2 Å². The summed E-state index contributed by atoms with van der Waals surface area (Å²) in [7, 11) is 1.63. The molecule has 3 aromatic rings. The first-order chi connectivity index (χ1) is 10.1. The van der Waals surface area contributed by atoms with Gasteiger partial charge in [0.15, 0.2) is 0 Å². The highest BCUT2D eigenvalue weighted by Gasteiger charge is 2.16. The molecule has 0 atom stereocenters. The van der Waals surface area contributed by atoms with Crippen molar-refractivity contribution in [3.05, 3.63) is 60.4 Å². The highest BCUT2D eigenvalue weighted by atomic mass is 16.3. The molecule has 0 radical (unpaired) electrons. The van der Waals surface area contributed by atoms with Gasteiger partial charge in [0.05, 0.1) is 17.2 Å². The van der Waals surface area contributed by atoms with Gasteiger partial charge in [-0.25, -0.2) is 4.98 Å². The number of carbonyl (C=O) groups excluding carboxylic acids is 1. The first-order valence-electron chi connectivity index (χ1n) is 6.44. The van der Waals surface area contributed by atoms with Crippen LogP contribution in [0.2, 0.25) is 0 Å². The molecule has 1 N–H and O–H groups in total. The zero-order chi connectivity index (χ0) is 14.8. The summed E-state index contributed by atoms with van der Waals surface area (Å²) in [6, 6.07) is 13.9. The van der Waals surface area contributed by atoms with Crippen LogP contribution in [0, 0.1) is 0 Å². The Labute approximate surface area is 121 Å². The maximum atomic E-state index is 12.4. The number of amides is 1. The summed E-state index contributed by atoms with van der Waals surface area (Å²) in [5, 5.41) is 9.49. The standard InChI is InChI=1S/C16H13N3O2/c1-19(11-5-4-6-12(20)9-11)16(21)15-10-17-13-7-2-3-8-14(13)18-15/h2-10,20H,1H3. The average Bonchev–Trinajstić information content (AvgIpc) is 2.53. The zero-order valence-corrected chi connectivity index (χ0v) is 11.4. The molecule has 104 valence electrons. The van der Waals surface area contributed by atoms with Gasteiger partial charge in [-0.15, -0.1) is 0 Å². The highest BCUT2D eigenvalue weighted by molar-refractivity contribution is 6.05. The maximum absolute atomic E-state index is 12.4. The Balaban J connectivity index is 1.96. The summed E-state index contributed by atoms with van der Waals surface area (Å²) in [6.45, 7) is 0. The van der Waals surface area contributed by atoms with Crippen molar-refractivity contribution in [2.24, 2.45) is 0 Å². The number of benzene rings is 2. The predicted molar refractivity (Wildman–Crippen MR) is 80.4 cm³/mol. The molecule has 0 saturated heterocycles. The van der Waals surface area contributed by atoms with E-state index in [1.165, 1.54) is 17.2 Å². The molecule has 5 heteroatoms. The van der Waals surface area contributed by atoms with Crippen LogP contribution in [0.25, 0.3) is 11.0 Å². The van der Waals surface area contributed by atoms with Crippen LogP contribution >= 0.6 is 0 Å². The molecule has 0 aliphatic heterocycles. The van der Waals surface area contributed by atoms with Crippen LogP contribution < -0.4 is 4.90 Å². The molecule has 0 aliphatic carbocycles. The number of carbonyl (C=O) groups is 1. The second kappa shape index (κ2) is 5.20. The van der Waals surface area contributed by atoms with Gasteiger partial charge in [0.2, 0.25) is 0 Å². The van der Waals surface area contributed by atoms with Gasteiger partial charge in [-0.3, -0.25) is 9.78 Å². The van der Waals surface area contributed by atoms with E-state index in [-0.39, 0.29) is 17.4 Å². The van der Waals surface area contributed by atoms with Crippen LogP contribution in [0.4, 0.5) is 5.69 Å². The van der Waals surface area contributed by atoms with Gasteiger partial charge < -0.3 is 10.0 Å². The number of phenolic OH excluding ortho intramolecular Hbond substituents is 1. The number of aromatic hydroxyl groups is 1. The molecule has 0 unspecified atom stereocenters. The average molecular weight is 279 g/mol. The molecule has 1 amide bonds. The Hall–Kier alpha value is -2.95. The topological polar surface area (TPSA) is 66.3 Å².